The number of rotatable bonds is 5. The van der Waals surface area contributed by atoms with Gasteiger partial charge in [0.15, 0.2) is 0 Å². The Balaban J connectivity index is 1.48. The Morgan fingerprint density at radius 1 is 1.19 bits per heavy atom. The maximum absolute atomic E-state index is 12.7. The standard InChI is InChI=1S/C21H18BrN3O6S/c22-16-10-13(25(29)30)4-6-15(16)17-7-5-14(31-17)11-18-20(27)24(21(28)32-18)12-19(26)23-8-2-1-3-9-23/h4-7,10-11H,1-3,8-9,12H2/b18-11+. The third-order valence-corrected chi connectivity index (χ3v) is 6.77. The van der Waals surface area contributed by atoms with Crippen molar-refractivity contribution in [1.29, 1.82) is 0 Å². The molecule has 2 fully saturated rings. The van der Waals surface area contributed by atoms with Crippen LogP contribution in [-0.4, -0.2) is 51.4 Å². The van der Waals surface area contributed by atoms with E-state index in [0.29, 0.717) is 34.6 Å². The van der Waals surface area contributed by atoms with Gasteiger partial charge in [0, 0.05) is 41.3 Å². The fourth-order valence-electron chi connectivity index (χ4n) is 3.54. The maximum Gasteiger partial charge on any atom is 0.294 e. The number of amides is 3. The third-order valence-electron chi connectivity index (χ3n) is 5.20. The number of benzene rings is 1. The molecule has 166 valence electrons. The Morgan fingerprint density at radius 2 is 1.94 bits per heavy atom. The first-order valence-electron chi connectivity index (χ1n) is 9.91. The maximum atomic E-state index is 12.7. The van der Waals surface area contributed by atoms with E-state index in [9.17, 15) is 24.5 Å². The molecule has 0 N–H and O–H groups in total. The van der Waals surface area contributed by atoms with Gasteiger partial charge in [-0.25, -0.2) is 0 Å². The van der Waals surface area contributed by atoms with Crippen LogP contribution in [0.1, 0.15) is 25.0 Å². The summed E-state index contributed by atoms with van der Waals surface area (Å²) in [6.07, 6.45) is 4.40. The third kappa shape index (κ3) is 4.63. The highest BCUT2D eigenvalue weighted by Gasteiger charge is 2.37. The van der Waals surface area contributed by atoms with Crippen LogP contribution in [0.25, 0.3) is 17.4 Å². The van der Waals surface area contributed by atoms with Crippen LogP contribution in [0.2, 0.25) is 0 Å². The molecule has 1 aromatic heterocycles. The van der Waals surface area contributed by atoms with Crippen molar-refractivity contribution in [3.63, 3.8) is 0 Å². The van der Waals surface area contributed by atoms with Crippen molar-refractivity contribution in [3.05, 3.63) is 55.6 Å². The Morgan fingerprint density at radius 3 is 2.62 bits per heavy atom. The number of carbonyl (C=O) groups is 3. The van der Waals surface area contributed by atoms with Crippen molar-refractivity contribution in [2.75, 3.05) is 19.6 Å². The van der Waals surface area contributed by atoms with Crippen molar-refractivity contribution < 1.29 is 23.7 Å². The van der Waals surface area contributed by atoms with Crippen LogP contribution in [0.3, 0.4) is 0 Å². The number of non-ortho nitro benzene ring substituents is 1. The summed E-state index contributed by atoms with van der Waals surface area (Å²) >= 11 is 4.07. The monoisotopic (exact) mass is 519 g/mol. The van der Waals surface area contributed by atoms with Crippen LogP contribution in [0.15, 0.2) is 44.1 Å². The van der Waals surface area contributed by atoms with Crippen LogP contribution < -0.4 is 0 Å². The van der Waals surface area contributed by atoms with Crippen LogP contribution in [-0.2, 0) is 9.59 Å². The molecule has 0 unspecified atom stereocenters. The van der Waals surface area contributed by atoms with Gasteiger partial charge in [-0.15, -0.1) is 0 Å². The number of nitrogens with zero attached hydrogens (tertiary/aromatic N) is 3. The molecular weight excluding hydrogens is 502 g/mol. The molecule has 2 saturated heterocycles. The van der Waals surface area contributed by atoms with Gasteiger partial charge >= 0.3 is 0 Å². The quantitative estimate of drug-likeness (QED) is 0.320. The van der Waals surface area contributed by atoms with Crippen LogP contribution in [0.4, 0.5) is 10.5 Å². The lowest BCUT2D eigenvalue weighted by Crippen LogP contribution is -2.44. The number of nitro benzene ring substituents is 1. The molecule has 9 nitrogen and oxygen atoms in total. The van der Waals surface area contributed by atoms with E-state index in [4.69, 9.17) is 4.42 Å². The Hall–Kier alpha value is -2.92. The lowest BCUT2D eigenvalue weighted by Gasteiger charge is -2.27. The first-order chi connectivity index (χ1) is 15.3. The lowest BCUT2D eigenvalue weighted by atomic mass is 10.1. The highest BCUT2D eigenvalue weighted by Crippen LogP contribution is 2.35. The smallest absolute Gasteiger partial charge is 0.294 e. The van der Waals surface area contributed by atoms with E-state index in [1.54, 1.807) is 23.1 Å². The van der Waals surface area contributed by atoms with E-state index >= 15 is 0 Å². The van der Waals surface area contributed by atoms with E-state index in [1.807, 2.05) is 0 Å². The summed E-state index contributed by atoms with van der Waals surface area (Å²) in [5.41, 5.74) is 0.552. The van der Waals surface area contributed by atoms with Crippen molar-refractivity contribution in [1.82, 2.24) is 9.80 Å². The number of nitro groups is 1. The zero-order valence-electron chi connectivity index (χ0n) is 16.8. The largest absolute Gasteiger partial charge is 0.457 e. The van der Waals surface area contributed by atoms with Gasteiger partial charge in [0.1, 0.15) is 18.1 Å². The minimum atomic E-state index is -0.528. The van der Waals surface area contributed by atoms with E-state index in [0.717, 1.165) is 35.9 Å². The molecule has 0 atom stereocenters. The molecule has 4 rings (SSSR count). The molecule has 0 saturated carbocycles. The topological polar surface area (TPSA) is 114 Å². The predicted molar refractivity (Wildman–Crippen MR) is 122 cm³/mol. The fraction of sp³-hybridized carbons (Fsp3) is 0.286. The molecule has 2 aliphatic rings. The highest BCUT2D eigenvalue weighted by atomic mass is 79.9. The minimum absolute atomic E-state index is 0.0554. The van der Waals surface area contributed by atoms with E-state index in [1.165, 1.54) is 18.2 Å². The summed E-state index contributed by atoms with van der Waals surface area (Å²) in [5.74, 6) is 0.0343. The number of thioether (sulfide) groups is 1. The molecule has 32 heavy (non-hydrogen) atoms. The molecule has 0 spiro atoms. The zero-order chi connectivity index (χ0) is 22.8. The number of carbonyl (C=O) groups excluding carboxylic acids is 3. The van der Waals surface area contributed by atoms with E-state index < -0.39 is 16.1 Å². The highest BCUT2D eigenvalue weighted by molar-refractivity contribution is 9.10. The predicted octanol–water partition coefficient (Wildman–Crippen LogP) is 4.67. The molecule has 0 radical (unpaired) electrons. The molecule has 2 aliphatic heterocycles. The minimum Gasteiger partial charge on any atom is -0.457 e. The van der Waals surface area contributed by atoms with Gasteiger partial charge in [-0.05, 0) is 65.2 Å². The van der Waals surface area contributed by atoms with Gasteiger partial charge in [0.05, 0.1) is 9.83 Å². The average Bonchev–Trinajstić information content (AvgIpc) is 3.34. The van der Waals surface area contributed by atoms with Crippen LogP contribution >= 0.6 is 27.7 Å². The first kappa shape index (κ1) is 22.3. The number of hydrogen-bond donors (Lipinski definition) is 0. The molecule has 11 heteroatoms. The summed E-state index contributed by atoms with van der Waals surface area (Å²) in [6, 6.07) is 7.61. The van der Waals surface area contributed by atoms with E-state index in [-0.39, 0.29) is 23.0 Å². The van der Waals surface area contributed by atoms with Crippen molar-refractivity contribution in [2.45, 2.75) is 19.3 Å². The van der Waals surface area contributed by atoms with Crippen molar-refractivity contribution >= 4 is 56.5 Å². The Labute approximate surface area is 195 Å². The SMILES string of the molecule is O=C(CN1C(=O)S/C(=C/c2ccc(-c3ccc([N+](=O)[O-])cc3Br)o2)C1=O)N1CCCCC1. The number of furan rings is 1. The van der Waals surface area contributed by atoms with Gasteiger partial charge in [-0.2, -0.15) is 0 Å². The second kappa shape index (κ2) is 9.29. The zero-order valence-corrected chi connectivity index (χ0v) is 19.2. The van der Waals surface area contributed by atoms with E-state index in [2.05, 4.69) is 15.9 Å². The second-order valence-corrected chi connectivity index (χ2v) is 9.18. The molecule has 0 aliphatic carbocycles. The first-order valence-corrected chi connectivity index (χ1v) is 11.5. The second-order valence-electron chi connectivity index (χ2n) is 7.33. The summed E-state index contributed by atoms with van der Waals surface area (Å²) in [7, 11) is 0. The summed E-state index contributed by atoms with van der Waals surface area (Å²) in [6.45, 7) is 1.04. The Kier molecular flexibility index (Phi) is 6.47. The summed E-state index contributed by atoms with van der Waals surface area (Å²) in [4.78, 5) is 50.7. The molecule has 1 aromatic carbocycles. The van der Waals surface area contributed by atoms with Gasteiger partial charge in [-0.3, -0.25) is 29.4 Å². The number of halogens is 1. The lowest BCUT2D eigenvalue weighted by molar-refractivity contribution is -0.384. The van der Waals surface area contributed by atoms with Gasteiger partial charge in [0.2, 0.25) is 5.91 Å². The van der Waals surface area contributed by atoms with Crippen LogP contribution in [0.5, 0.6) is 0 Å². The molecule has 2 aromatic rings. The Bertz CT molecular complexity index is 1140. The summed E-state index contributed by atoms with van der Waals surface area (Å²) in [5, 5.41) is 10.4. The van der Waals surface area contributed by atoms with Crippen molar-refractivity contribution in [2.24, 2.45) is 0 Å². The number of imide groups is 1. The van der Waals surface area contributed by atoms with Gasteiger partial charge in [-0.1, -0.05) is 0 Å². The number of piperidine rings is 1. The molecular formula is C21H18BrN3O6S. The van der Waals surface area contributed by atoms with Crippen molar-refractivity contribution in [3.8, 4) is 11.3 Å². The average molecular weight is 520 g/mol. The van der Waals surface area contributed by atoms with Gasteiger partial charge < -0.3 is 9.32 Å². The van der Waals surface area contributed by atoms with Gasteiger partial charge in [0.25, 0.3) is 16.8 Å². The number of likely N-dealkylation sites (tertiary alicyclic amines) is 1. The van der Waals surface area contributed by atoms with Crippen LogP contribution in [0, 0.1) is 10.1 Å². The molecule has 3 amide bonds. The normalized spacial score (nSPS) is 18.0. The molecule has 3 heterocycles. The number of hydrogen-bond acceptors (Lipinski definition) is 7. The summed E-state index contributed by atoms with van der Waals surface area (Å²) < 4.78 is 6.25. The fourth-order valence-corrected chi connectivity index (χ4v) is 4.92. The molecule has 0 bridgehead atoms.